The van der Waals surface area contributed by atoms with E-state index in [9.17, 15) is 9.59 Å². The standard InChI is InChI=1S/C20H24N2O4/c1-14(23)16-10-19(21-11-16)20(24)22-17-6-4-5-15(9-17)12-25-13-18-7-2-3-8-26-18/h4-6,9-11,18,21H,2-3,7-8,12-13H2,1H3,(H,22,24)/t18-/m0/s1. The summed E-state index contributed by atoms with van der Waals surface area (Å²) in [6, 6.07) is 9.09. The number of ketones is 1. The van der Waals surface area contributed by atoms with E-state index in [1.165, 1.54) is 19.5 Å². The maximum atomic E-state index is 12.3. The van der Waals surface area contributed by atoms with Crippen molar-refractivity contribution in [2.24, 2.45) is 0 Å². The molecule has 1 aromatic carbocycles. The van der Waals surface area contributed by atoms with Gasteiger partial charge in [0.25, 0.3) is 5.91 Å². The zero-order valence-electron chi connectivity index (χ0n) is 14.9. The van der Waals surface area contributed by atoms with Crippen LogP contribution in [0, 0.1) is 0 Å². The van der Waals surface area contributed by atoms with Crippen LogP contribution < -0.4 is 5.32 Å². The molecule has 1 aromatic heterocycles. The summed E-state index contributed by atoms with van der Waals surface area (Å²) in [7, 11) is 0. The first-order valence-electron chi connectivity index (χ1n) is 8.91. The molecule has 26 heavy (non-hydrogen) atoms. The van der Waals surface area contributed by atoms with E-state index in [1.807, 2.05) is 24.3 Å². The van der Waals surface area contributed by atoms with Gasteiger partial charge in [-0.25, -0.2) is 0 Å². The predicted molar refractivity (Wildman–Crippen MR) is 98.4 cm³/mol. The molecule has 0 spiro atoms. The number of carbonyl (C=O) groups excluding carboxylic acids is 2. The van der Waals surface area contributed by atoms with E-state index in [2.05, 4.69) is 10.3 Å². The minimum absolute atomic E-state index is 0.0820. The first kappa shape index (κ1) is 18.4. The number of Topliss-reactive ketones (excluding diaryl/α,β-unsaturated/α-hetero) is 1. The smallest absolute Gasteiger partial charge is 0.272 e. The van der Waals surface area contributed by atoms with Crippen LogP contribution in [0.5, 0.6) is 0 Å². The van der Waals surface area contributed by atoms with Gasteiger partial charge in [0.05, 0.1) is 19.3 Å². The highest BCUT2D eigenvalue weighted by atomic mass is 16.5. The molecule has 0 bridgehead atoms. The Labute approximate surface area is 152 Å². The Hall–Kier alpha value is -2.44. The van der Waals surface area contributed by atoms with Crippen LogP contribution in [-0.4, -0.2) is 36.0 Å². The van der Waals surface area contributed by atoms with Gasteiger partial charge < -0.3 is 19.8 Å². The highest BCUT2D eigenvalue weighted by Crippen LogP contribution is 2.16. The number of amides is 1. The molecule has 2 aromatic rings. The fraction of sp³-hybridized carbons (Fsp3) is 0.400. The summed E-state index contributed by atoms with van der Waals surface area (Å²) in [5.74, 6) is -0.368. The van der Waals surface area contributed by atoms with Gasteiger partial charge in [-0.05, 0) is 49.9 Å². The van der Waals surface area contributed by atoms with Crippen LogP contribution in [0.2, 0.25) is 0 Å². The van der Waals surface area contributed by atoms with E-state index >= 15 is 0 Å². The molecule has 1 aliphatic heterocycles. The lowest BCUT2D eigenvalue weighted by atomic mass is 10.1. The van der Waals surface area contributed by atoms with E-state index in [0.717, 1.165) is 25.0 Å². The molecule has 138 valence electrons. The van der Waals surface area contributed by atoms with Crippen LogP contribution in [0.3, 0.4) is 0 Å². The van der Waals surface area contributed by atoms with Gasteiger partial charge in [-0.2, -0.15) is 0 Å². The first-order chi connectivity index (χ1) is 12.6. The van der Waals surface area contributed by atoms with E-state index < -0.39 is 0 Å². The van der Waals surface area contributed by atoms with Crippen LogP contribution in [0.15, 0.2) is 36.5 Å². The summed E-state index contributed by atoms with van der Waals surface area (Å²) in [6.45, 7) is 3.35. The molecular formula is C20H24N2O4. The Morgan fingerprint density at radius 3 is 2.92 bits per heavy atom. The molecule has 6 nitrogen and oxygen atoms in total. The average molecular weight is 356 g/mol. The van der Waals surface area contributed by atoms with Crippen molar-refractivity contribution >= 4 is 17.4 Å². The molecule has 1 fully saturated rings. The second kappa shape index (κ2) is 8.78. The van der Waals surface area contributed by atoms with Crippen LogP contribution in [0.25, 0.3) is 0 Å². The number of carbonyl (C=O) groups is 2. The summed E-state index contributed by atoms with van der Waals surface area (Å²) in [6.07, 6.45) is 5.10. The number of hydrogen-bond acceptors (Lipinski definition) is 4. The lowest BCUT2D eigenvalue weighted by Gasteiger charge is -2.22. The summed E-state index contributed by atoms with van der Waals surface area (Å²) < 4.78 is 11.4. The lowest BCUT2D eigenvalue weighted by Crippen LogP contribution is -2.24. The number of rotatable bonds is 7. The Morgan fingerprint density at radius 2 is 2.19 bits per heavy atom. The molecule has 1 amide bonds. The highest BCUT2D eigenvalue weighted by molar-refractivity contribution is 6.05. The van der Waals surface area contributed by atoms with Gasteiger partial charge in [-0.1, -0.05) is 12.1 Å². The highest BCUT2D eigenvalue weighted by Gasteiger charge is 2.14. The number of H-pyrrole nitrogens is 1. The van der Waals surface area contributed by atoms with E-state index in [-0.39, 0.29) is 17.8 Å². The minimum Gasteiger partial charge on any atom is -0.376 e. The normalized spacial score (nSPS) is 17.0. The minimum atomic E-state index is -0.286. The zero-order chi connectivity index (χ0) is 18.4. The molecule has 0 saturated carbocycles. The molecule has 0 aliphatic carbocycles. The molecule has 0 radical (unpaired) electrons. The Bertz CT molecular complexity index is 763. The molecule has 2 heterocycles. The fourth-order valence-electron chi connectivity index (χ4n) is 2.91. The lowest BCUT2D eigenvalue weighted by molar-refractivity contribution is -0.0447. The third-order valence-electron chi connectivity index (χ3n) is 4.37. The van der Waals surface area contributed by atoms with Gasteiger partial charge >= 0.3 is 0 Å². The summed E-state index contributed by atoms with van der Waals surface area (Å²) in [4.78, 5) is 26.4. The van der Waals surface area contributed by atoms with Crippen molar-refractivity contribution < 1.29 is 19.1 Å². The van der Waals surface area contributed by atoms with Crippen molar-refractivity contribution in [1.82, 2.24) is 4.98 Å². The van der Waals surface area contributed by atoms with Crippen molar-refractivity contribution in [3.63, 3.8) is 0 Å². The van der Waals surface area contributed by atoms with Crippen LogP contribution in [-0.2, 0) is 16.1 Å². The number of nitrogens with one attached hydrogen (secondary N) is 2. The predicted octanol–water partition coefficient (Wildman–Crippen LogP) is 3.56. The topological polar surface area (TPSA) is 80.4 Å². The summed E-state index contributed by atoms with van der Waals surface area (Å²) in [5, 5.41) is 2.83. The fourth-order valence-corrected chi connectivity index (χ4v) is 2.91. The number of hydrogen-bond donors (Lipinski definition) is 2. The molecule has 1 saturated heterocycles. The van der Waals surface area contributed by atoms with Gasteiger partial charge in [0.15, 0.2) is 5.78 Å². The van der Waals surface area contributed by atoms with Crippen molar-refractivity contribution in [3.05, 3.63) is 53.3 Å². The number of aromatic nitrogens is 1. The maximum absolute atomic E-state index is 12.3. The number of benzene rings is 1. The number of aromatic amines is 1. The van der Waals surface area contributed by atoms with E-state index in [4.69, 9.17) is 9.47 Å². The van der Waals surface area contributed by atoms with Crippen LogP contribution in [0.4, 0.5) is 5.69 Å². The quantitative estimate of drug-likeness (QED) is 0.744. The van der Waals surface area contributed by atoms with Crippen molar-refractivity contribution in [2.75, 3.05) is 18.5 Å². The SMILES string of the molecule is CC(=O)c1c[nH]c(C(=O)Nc2cccc(COC[C@@H]3CCCCO3)c2)c1. The zero-order valence-corrected chi connectivity index (χ0v) is 14.9. The van der Waals surface area contributed by atoms with E-state index in [1.54, 1.807) is 6.07 Å². The summed E-state index contributed by atoms with van der Waals surface area (Å²) in [5.41, 5.74) is 2.51. The first-order valence-corrected chi connectivity index (χ1v) is 8.91. The van der Waals surface area contributed by atoms with Crippen molar-refractivity contribution in [2.45, 2.75) is 38.9 Å². The Kier molecular flexibility index (Phi) is 6.20. The van der Waals surface area contributed by atoms with Crippen molar-refractivity contribution in [3.8, 4) is 0 Å². The third-order valence-corrected chi connectivity index (χ3v) is 4.37. The Morgan fingerprint density at radius 1 is 1.31 bits per heavy atom. The second-order valence-electron chi connectivity index (χ2n) is 6.52. The summed E-state index contributed by atoms with van der Waals surface area (Å²) >= 11 is 0. The van der Waals surface area contributed by atoms with Crippen LogP contribution >= 0.6 is 0 Å². The maximum Gasteiger partial charge on any atom is 0.272 e. The molecular weight excluding hydrogens is 332 g/mol. The van der Waals surface area contributed by atoms with Gasteiger partial charge in [-0.3, -0.25) is 9.59 Å². The molecule has 3 rings (SSSR count). The van der Waals surface area contributed by atoms with Gasteiger partial charge in [-0.15, -0.1) is 0 Å². The van der Waals surface area contributed by atoms with Gasteiger partial charge in [0.1, 0.15) is 5.69 Å². The molecule has 1 atom stereocenters. The molecule has 2 N–H and O–H groups in total. The Balaban J connectivity index is 1.52. The third kappa shape index (κ3) is 5.03. The van der Waals surface area contributed by atoms with Crippen molar-refractivity contribution in [1.29, 1.82) is 0 Å². The van der Waals surface area contributed by atoms with E-state index in [0.29, 0.717) is 30.2 Å². The molecule has 0 unspecified atom stereocenters. The van der Waals surface area contributed by atoms with Gasteiger partial charge in [0.2, 0.25) is 0 Å². The molecule has 6 heteroatoms. The number of ether oxygens (including phenoxy) is 2. The monoisotopic (exact) mass is 356 g/mol. The average Bonchev–Trinajstić information content (AvgIpc) is 3.14. The molecule has 1 aliphatic rings. The largest absolute Gasteiger partial charge is 0.376 e. The number of anilines is 1. The van der Waals surface area contributed by atoms with Gasteiger partial charge in [0, 0.05) is 24.1 Å². The van der Waals surface area contributed by atoms with Crippen LogP contribution in [0.1, 0.15) is 52.6 Å². The second-order valence-corrected chi connectivity index (χ2v) is 6.52.